The summed E-state index contributed by atoms with van der Waals surface area (Å²) in [5, 5.41) is 7.36. The average Bonchev–Trinajstić information content (AvgIpc) is 3.35. The highest BCUT2D eigenvalue weighted by Gasteiger charge is 2.41. The van der Waals surface area contributed by atoms with E-state index in [4.69, 9.17) is 14.2 Å². The fourth-order valence-corrected chi connectivity index (χ4v) is 5.49. The number of allylic oxidation sites excluding steroid dienone is 3. The van der Waals surface area contributed by atoms with E-state index in [1.165, 1.54) is 0 Å². The highest BCUT2D eigenvalue weighted by atomic mass is 32.1. The van der Waals surface area contributed by atoms with Gasteiger partial charge in [-0.25, -0.2) is 4.79 Å². The van der Waals surface area contributed by atoms with Gasteiger partial charge < -0.3 is 19.5 Å². The van der Waals surface area contributed by atoms with Crippen LogP contribution in [-0.2, 0) is 19.1 Å². The molecule has 4 rings (SSSR count). The third kappa shape index (κ3) is 4.95. The van der Waals surface area contributed by atoms with Crippen LogP contribution in [0.1, 0.15) is 56.6 Å². The molecule has 0 fully saturated rings. The molecule has 0 amide bonds. The minimum atomic E-state index is -0.438. The Morgan fingerprint density at radius 1 is 1.18 bits per heavy atom. The Balaban J connectivity index is 1.65. The normalized spacial score (nSPS) is 20.3. The molecule has 1 aliphatic carbocycles. The van der Waals surface area contributed by atoms with Crippen molar-refractivity contribution < 1.29 is 23.8 Å². The van der Waals surface area contributed by atoms with Gasteiger partial charge in [-0.15, -0.1) is 0 Å². The van der Waals surface area contributed by atoms with Crippen molar-refractivity contribution in [2.75, 3.05) is 20.3 Å². The molecule has 2 aliphatic rings. The molecule has 7 heteroatoms. The lowest BCUT2D eigenvalue weighted by atomic mass is 9.72. The number of ketones is 1. The van der Waals surface area contributed by atoms with Gasteiger partial charge in [-0.3, -0.25) is 4.79 Å². The topological polar surface area (TPSA) is 73.9 Å². The van der Waals surface area contributed by atoms with Crippen molar-refractivity contribution in [2.45, 2.75) is 51.6 Å². The van der Waals surface area contributed by atoms with E-state index >= 15 is 0 Å². The lowest BCUT2D eigenvalue weighted by Crippen LogP contribution is -2.36. The number of hydrogen-bond donors (Lipinski definition) is 1. The van der Waals surface area contributed by atoms with E-state index in [-0.39, 0.29) is 24.4 Å². The number of nitrogens with one attached hydrogen (secondary N) is 1. The van der Waals surface area contributed by atoms with Gasteiger partial charge in [-0.2, -0.15) is 11.3 Å². The van der Waals surface area contributed by atoms with Crippen LogP contribution in [0.3, 0.4) is 0 Å². The van der Waals surface area contributed by atoms with Gasteiger partial charge in [0.15, 0.2) is 5.78 Å². The first-order valence-electron chi connectivity index (χ1n) is 11.6. The van der Waals surface area contributed by atoms with Crippen molar-refractivity contribution in [3.8, 4) is 5.75 Å². The monoisotopic (exact) mass is 481 g/mol. The molecule has 1 aliphatic heterocycles. The average molecular weight is 482 g/mol. The summed E-state index contributed by atoms with van der Waals surface area (Å²) in [5.74, 6) is -0.0177. The van der Waals surface area contributed by atoms with Gasteiger partial charge in [0.25, 0.3) is 0 Å². The molecule has 0 bridgehead atoms. The zero-order valence-corrected chi connectivity index (χ0v) is 20.9. The minimum Gasteiger partial charge on any atom is -0.496 e. The van der Waals surface area contributed by atoms with E-state index in [0.29, 0.717) is 30.6 Å². The maximum absolute atomic E-state index is 13.6. The number of carbonyl (C=O) groups excluding carboxylic acids is 2. The van der Waals surface area contributed by atoms with E-state index < -0.39 is 11.9 Å². The van der Waals surface area contributed by atoms with Crippen molar-refractivity contribution in [3.05, 3.63) is 74.8 Å². The summed E-state index contributed by atoms with van der Waals surface area (Å²) in [6.45, 7) is 6.25. The molecule has 180 valence electrons. The van der Waals surface area contributed by atoms with Crippen molar-refractivity contribution in [3.63, 3.8) is 0 Å². The summed E-state index contributed by atoms with van der Waals surface area (Å²) in [4.78, 5) is 26.8. The summed E-state index contributed by atoms with van der Waals surface area (Å²) in [5.41, 5.74) is 4.72. The fourth-order valence-electron chi connectivity index (χ4n) is 4.80. The number of thiophene rings is 1. The summed E-state index contributed by atoms with van der Waals surface area (Å²) in [7, 11) is 1.65. The molecule has 6 nitrogen and oxygen atoms in total. The lowest BCUT2D eigenvalue weighted by molar-refractivity contribution is -0.141. The largest absolute Gasteiger partial charge is 0.496 e. The Hall–Kier alpha value is -2.90. The Bertz CT molecular complexity index is 1120. The van der Waals surface area contributed by atoms with Crippen LogP contribution in [0, 0.1) is 0 Å². The predicted octanol–water partition coefficient (Wildman–Crippen LogP) is 5.09. The van der Waals surface area contributed by atoms with Crippen molar-refractivity contribution in [2.24, 2.45) is 0 Å². The first kappa shape index (κ1) is 24.2. The molecule has 0 saturated heterocycles. The van der Waals surface area contributed by atoms with Gasteiger partial charge >= 0.3 is 5.97 Å². The Labute approximate surface area is 204 Å². The van der Waals surface area contributed by atoms with Gasteiger partial charge in [-0.05, 0) is 61.2 Å². The van der Waals surface area contributed by atoms with Gasteiger partial charge in [0, 0.05) is 35.2 Å². The van der Waals surface area contributed by atoms with E-state index in [2.05, 4.69) is 5.32 Å². The quantitative estimate of drug-likeness (QED) is 0.418. The number of dihydropyridines is 1. The second kappa shape index (κ2) is 10.6. The molecule has 0 saturated carbocycles. The van der Waals surface area contributed by atoms with E-state index in [1.807, 2.05) is 61.9 Å². The highest BCUT2D eigenvalue weighted by molar-refractivity contribution is 7.08. The molecular weight excluding hydrogens is 450 g/mol. The summed E-state index contributed by atoms with van der Waals surface area (Å²) in [6.07, 6.45) is 1.10. The van der Waals surface area contributed by atoms with E-state index in [0.717, 1.165) is 28.3 Å². The molecule has 2 heterocycles. The van der Waals surface area contributed by atoms with Crippen molar-refractivity contribution in [1.29, 1.82) is 0 Å². The van der Waals surface area contributed by atoms with Crippen molar-refractivity contribution in [1.82, 2.24) is 5.32 Å². The maximum atomic E-state index is 13.6. The Morgan fingerprint density at radius 3 is 2.68 bits per heavy atom. The van der Waals surface area contributed by atoms with Crippen molar-refractivity contribution >= 4 is 23.1 Å². The van der Waals surface area contributed by atoms with Crippen LogP contribution in [0.25, 0.3) is 0 Å². The molecule has 1 aromatic heterocycles. The number of esters is 1. The summed E-state index contributed by atoms with van der Waals surface area (Å²) in [6, 6.07) is 9.82. The highest BCUT2D eigenvalue weighted by Crippen LogP contribution is 2.47. The van der Waals surface area contributed by atoms with E-state index in [9.17, 15) is 9.59 Å². The van der Waals surface area contributed by atoms with Crippen LogP contribution in [0.5, 0.6) is 5.75 Å². The number of methoxy groups -OCH3 is 1. The lowest BCUT2D eigenvalue weighted by Gasteiger charge is -2.36. The zero-order chi connectivity index (χ0) is 24.2. The first-order chi connectivity index (χ1) is 16.4. The van der Waals surface area contributed by atoms with Crippen LogP contribution in [0.4, 0.5) is 0 Å². The number of para-hydroxylation sites is 1. The molecule has 2 atom stereocenters. The number of Topliss-reactive ketones (excluding diaryl/α,β-unsaturated/α-hetero) is 1. The fraction of sp³-hybridized carbons (Fsp3) is 0.407. The van der Waals surface area contributed by atoms with Gasteiger partial charge in [0.05, 0.1) is 25.4 Å². The molecule has 2 unspecified atom stereocenters. The first-order valence-corrected chi connectivity index (χ1v) is 12.5. The SMILES string of the molecule is COc1ccccc1C1CC(=O)C2=C(C1)NC(C)=C(C(=O)OCCOC(C)C)C2c1ccsc1. The molecule has 1 aromatic carbocycles. The number of carbonyl (C=O) groups is 2. The van der Waals surface area contributed by atoms with Crippen LogP contribution in [0.15, 0.2) is 63.6 Å². The smallest absolute Gasteiger partial charge is 0.336 e. The molecule has 0 radical (unpaired) electrons. The second-order valence-corrected chi connectivity index (χ2v) is 9.65. The van der Waals surface area contributed by atoms with Crippen LogP contribution in [-0.4, -0.2) is 38.2 Å². The molecule has 2 aromatic rings. The maximum Gasteiger partial charge on any atom is 0.336 e. The molecule has 34 heavy (non-hydrogen) atoms. The van der Waals surface area contributed by atoms with Crippen LogP contribution >= 0.6 is 11.3 Å². The molecule has 0 spiro atoms. The number of hydrogen-bond acceptors (Lipinski definition) is 7. The number of rotatable bonds is 8. The van der Waals surface area contributed by atoms with Gasteiger partial charge in [-0.1, -0.05) is 18.2 Å². The standard InChI is InChI=1S/C27H31NO5S/c1-16(2)32-10-11-33-27(30)24-17(3)28-21-13-19(20-7-5-6-8-23(20)31-4)14-22(29)26(21)25(24)18-9-12-34-15-18/h5-9,12,15-16,19,25,28H,10-11,13-14H2,1-4H3. The van der Waals surface area contributed by atoms with E-state index in [1.54, 1.807) is 18.4 Å². The summed E-state index contributed by atoms with van der Waals surface area (Å²) < 4.78 is 16.6. The van der Waals surface area contributed by atoms with Gasteiger partial charge in [0.2, 0.25) is 0 Å². The Kier molecular flexibility index (Phi) is 7.54. The number of benzene rings is 1. The van der Waals surface area contributed by atoms with Crippen LogP contribution < -0.4 is 10.1 Å². The van der Waals surface area contributed by atoms with Crippen LogP contribution in [0.2, 0.25) is 0 Å². The summed E-state index contributed by atoms with van der Waals surface area (Å²) >= 11 is 1.55. The van der Waals surface area contributed by atoms with Gasteiger partial charge in [0.1, 0.15) is 12.4 Å². The second-order valence-electron chi connectivity index (χ2n) is 8.87. The third-order valence-electron chi connectivity index (χ3n) is 6.27. The molecular formula is C27H31NO5S. The molecule has 1 N–H and O–H groups in total. The third-order valence-corrected chi connectivity index (χ3v) is 6.97. The zero-order valence-electron chi connectivity index (χ0n) is 20.1. The minimum absolute atomic E-state index is 0.00695. The Morgan fingerprint density at radius 2 is 1.97 bits per heavy atom. The number of ether oxygens (including phenoxy) is 3. The predicted molar refractivity (Wildman–Crippen MR) is 132 cm³/mol.